The first-order valence-electron chi connectivity index (χ1n) is 6.46. The van der Waals surface area contributed by atoms with Gasteiger partial charge < -0.3 is 15.5 Å². The molecule has 2 aliphatic heterocycles. The van der Waals surface area contributed by atoms with E-state index >= 15 is 0 Å². The van der Waals surface area contributed by atoms with Crippen molar-refractivity contribution in [3.63, 3.8) is 0 Å². The molecule has 0 fully saturated rings. The lowest BCUT2D eigenvalue weighted by Crippen LogP contribution is -2.44. The molecule has 0 aliphatic carbocycles. The topological polar surface area (TPSA) is 61.4 Å². The molecule has 1 aromatic rings. The van der Waals surface area contributed by atoms with Crippen molar-refractivity contribution < 1.29 is 9.59 Å². The number of carbonyl (C=O) groups excluding carboxylic acids is 2. The van der Waals surface area contributed by atoms with E-state index in [9.17, 15) is 9.59 Å². The molecule has 0 bridgehead atoms. The molecule has 2 heterocycles. The molecule has 0 aromatic heterocycles. The molecule has 0 radical (unpaired) electrons. The SMILES string of the molecule is C=CCN1CC2=C(C1=O)[C@H](c1ccccc1)NC(=O)N2. The van der Waals surface area contributed by atoms with E-state index in [0.29, 0.717) is 24.4 Å². The van der Waals surface area contributed by atoms with Crippen LogP contribution in [0.25, 0.3) is 0 Å². The Bertz CT molecular complexity index is 607. The second kappa shape index (κ2) is 4.85. The van der Waals surface area contributed by atoms with Crippen molar-refractivity contribution in [2.24, 2.45) is 0 Å². The van der Waals surface area contributed by atoms with Crippen LogP contribution in [0.1, 0.15) is 11.6 Å². The van der Waals surface area contributed by atoms with Crippen LogP contribution in [0.15, 0.2) is 54.3 Å². The van der Waals surface area contributed by atoms with Crippen LogP contribution < -0.4 is 10.6 Å². The molecule has 0 unspecified atom stereocenters. The van der Waals surface area contributed by atoms with Gasteiger partial charge in [-0.2, -0.15) is 0 Å². The maximum atomic E-state index is 12.4. The van der Waals surface area contributed by atoms with Crippen LogP contribution in [-0.2, 0) is 4.79 Å². The number of hydrogen-bond donors (Lipinski definition) is 2. The summed E-state index contributed by atoms with van der Waals surface area (Å²) in [6.07, 6.45) is 1.68. The highest BCUT2D eigenvalue weighted by Gasteiger charge is 2.39. The van der Waals surface area contributed by atoms with Gasteiger partial charge in [0.05, 0.1) is 23.9 Å². The number of benzene rings is 1. The fourth-order valence-electron chi connectivity index (χ4n) is 2.63. The van der Waals surface area contributed by atoms with E-state index in [1.807, 2.05) is 30.3 Å². The zero-order valence-electron chi connectivity index (χ0n) is 10.9. The minimum Gasteiger partial charge on any atom is -0.329 e. The minimum atomic E-state index is -0.387. The van der Waals surface area contributed by atoms with E-state index < -0.39 is 0 Å². The number of hydrogen-bond acceptors (Lipinski definition) is 2. The molecular weight excluding hydrogens is 254 g/mol. The molecule has 1 atom stereocenters. The Kier molecular flexibility index (Phi) is 3.02. The number of urea groups is 1. The van der Waals surface area contributed by atoms with Crippen LogP contribution in [0.2, 0.25) is 0 Å². The zero-order chi connectivity index (χ0) is 14.1. The van der Waals surface area contributed by atoms with E-state index in [4.69, 9.17) is 0 Å². The van der Waals surface area contributed by atoms with Crippen LogP contribution in [-0.4, -0.2) is 29.9 Å². The highest BCUT2D eigenvalue weighted by Crippen LogP contribution is 2.32. The number of nitrogens with one attached hydrogen (secondary N) is 2. The Morgan fingerprint density at radius 2 is 2.05 bits per heavy atom. The molecule has 20 heavy (non-hydrogen) atoms. The zero-order valence-corrected chi connectivity index (χ0v) is 10.9. The Hall–Kier alpha value is -2.56. The lowest BCUT2D eigenvalue weighted by Gasteiger charge is -2.25. The number of amides is 3. The van der Waals surface area contributed by atoms with E-state index in [2.05, 4.69) is 17.2 Å². The van der Waals surface area contributed by atoms with Crippen LogP contribution in [0, 0.1) is 0 Å². The first kappa shape index (κ1) is 12.5. The van der Waals surface area contributed by atoms with Gasteiger partial charge in [0.2, 0.25) is 0 Å². The van der Waals surface area contributed by atoms with Gasteiger partial charge in [-0.15, -0.1) is 6.58 Å². The molecule has 3 rings (SSSR count). The third-order valence-electron chi connectivity index (χ3n) is 3.50. The third-order valence-corrected chi connectivity index (χ3v) is 3.50. The summed E-state index contributed by atoms with van der Waals surface area (Å²) in [4.78, 5) is 25.9. The summed E-state index contributed by atoms with van der Waals surface area (Å²) in [7, 11) is 0. The van der Waals surface area contributed by atoms with Gasteiger partial charge in [0.15, 0.2) is 0 Å². The maximum Gasteiger partial charge on any atom is 0.319 e. The molecular formula is C15H15N3O2. The predicted octanol–water partition coefficient (Wildman–Crippen LogP) is 1.32. The maximum absolute atomic E-state index is 12.4. The molecule has 2 N–H and O–H groups in total. The number of carbonyl (C=O) groups is 2. The molecule has 2 aliphatic rings. The molecule has 102 valence electrons. The third kappa shape index (κ3) is 1.97. The van der Waals surface area contributed by atoms with Gasteiger partial charge in [-0.3, -0.25) is 4.79 Å². The standard InChI is InChI=1S/C15H15N3O2/c1-2-8-18-9-11-12(14(18)19)13(17-15(20)16-11)10-6-4-3-5-7-10/h2-7,13H,1,8-9H2,(H2,16,17,20)/t13-/m0/s1. The Balaban J connectivity index is 1.99. The summed E-state index contributed by atoms with van der Waals surface area (Å²) in [6, 6.07) is 8.85. The second-order valence-corrected chi connectivity index (χ2v) is 4.81. The highest BCUT2D eigenvalue weighted by molar-refractivity contribution is 6.01. The monoisotopic (exact) mass is 269 g/mol. The smallest absolute Gasteiger partial charge is 0.319 e. The lowest BCUT2D eigenvalue weighted by molar-refractivity contribution is -0.125. The number of nitrogens with zero attached hydrogens (tertiary/aromatic N) is 1. The normalized spacial score (nSPS) is 21.4. The second-order valence-electron chi connectivity index (χ2n) is 4.81. The van der Waals surface area contributed by atoms with Gasteiger partial charge >= 0.3 is 6.03 Å². The van der Waals surface area contributed by atoms with E-state index in [1.54, 1.807) is 11.0 Å². The largest absolute Gasteiger partial charge is 0.329 e. The fraction of sp³-hybridized carbons (Fsp3) is 0.200. The summed E-state index contributed by atoms with van der Waals surface area (Å²) < 4.78 is 0. The van der Waals surface area contributed by atoms with Crippen molar-refractivity contribution in [1.82, 2.24) is 15.5 Å². The van der Waals surface area contributed by atoms with Gasteiger partial charge in [0, 0.05) is 6.54 Å². The Morgan fingerprint density at radius 3 is 2.75 bits per heavy atom. The molecule has 0 saturated carbocycles. The van der Waals surface area contributed by atoms with Gasteiger partial charge in [-0.1, -0.05) is 36.4 Å². The summed E-state index contributed by atoms with van der Waals surface area (Å²) in [6.45, 7) is 4.56. The minimum absolute atomic E-state index is 0.0544. The Morgan fingerprint density at radius 1 is 1.30 bits per heavy atom. The molecule has 0 saturated heterocycles. The molecule has 0 spiro atoms. The van der Waals surface area contributed by atoms with Crippen molar-refractivity contribution in [2.75, 3.05) is 13.1 Å². The summed E-state index contributed by atoms with van der Waals surface area (Å²) in [5.74, 6) is -0.0544. The van der Waals surface area contributed by atoms with Gasteiger partial charge in [-0.25, -0.2) is 4.79 Å². The van der Waals surface area contributed by atoms with Crippen LogP contribution in [0.4, 0.5) is 4.79 Å². The first-order valence-corrected chi connectivity index (χ1v) is 6.46. The molecule has 1 aromatic carbocycles. The average molecular weight is 269 g/mol. The Labute approximate surface area is 117 Å². The average Bonchev–Trinajstić information content (AvgIpc) is 2.76. The van der Waals surface area contributed by atoms with Crippen LogP contribution in [0.3, 0.4) is 0 Å². The predicted molar refractivity (Wildman–Crippen MR) is 74.7 cm³/mol. The highest BCUT2D eigenvalue weighted by atomic mass is 16.2. The number of rotatable bonds is 3. The van der Waals surface area contributed by atoms with E-state index in [0.717, 1.165) is 5.56 Å². The van der Waals surface area contributed by atoms with E-state index in [-0.39, 0.29) is 18.0 Å². The first-order chi connectivity index (χ1) is 9.70. The van der Waals surface area contributed by atoms with Crippen molar-refractivity contribution in [3.05, 3.63) is 59.8 Å². The van der Waals surface area contributed by atoms with Crippen molar-refractivity contribution >= 4 is 11.9 Å². The van der Waals surface area contributed by atoms with Crippen molar-refractivity contribution in [2.45, 2.75) is 6.04 Å². The molecule has 5 heteroatoms. The fourth-order valence-corrected chi connectivity index (χ4v) is 2.63. The van der Waals surface area contributed by atoms with Gasteiger partial charge in [0.1, 0.15) is 0 Å². The molecule has 5 nitrogen and oxygen atoms in total. The van der Waals surface area contributed by atoms with Crippen molar-refractivity contribution in [1.29, 1.82) is 0 Å². The van der Waals surface area contributed by atoms with Crippen LogP contribution >= 0.6 is 0 Å². The van der Waals surface area contributed by atoms with Crippen LogP contribution in [0.5, 0.6) is 0 Å². The summed E-state index contributed by atoms with van der Waals surface area (Å²) in [5, 5.41) is 5.55. The van der Waals surface area contributed by atoms with E-state index in [1.165, 1.54) is 0 Å². The summed E-state index contributed by atoms with van der Waals surface area (Å²) in [5.41, 5.74) is 2.22. The lowest BCUT2D eigenvalue weighted by atomic mass is 9.96. The molecule has 3 amide bonds. The van der Waals surface area contributed by atoms with Gasteiger partial charge in [0.25, 0.3) is 5.91 Å². The summed E-state index contributed by atoms with van der Waals surface area (Å²) >= 11 is 0. The van der Waals surface area contributed by atoms with Crippen molar-refractivity contribution in [3.8, 4) is 0 Å². The van der Waals surface area contributed by atoms with Gasteiger partial charge in [-0.05, 0) is 5.56 Å². The quantitative estimate of drug-likeness (QED) is 0.813.